The van der Waals surface area contributed by atoms with Gasteiger partial charge in [0.2, 0.25) is 5.91 Å². The predicted molar refractivity (Wildman–Crippen MR) is 95.7 cm³/mol. The van der Waals surface area contributed by atoms with Crippen LogP contribution in [0.4, 0.5) is 15.1 Å². The number of pyridine rings is 1. The van der Waals surface area contributed by atoms with Gasteiger partial charge in [0.15, 0.2) is 0 Å². The fourth-order valence-electron chi connectivity index (χ4n) is 2.17. The number of amides is 1. The standard InChI is InChI=1S/C17H13ClFN3OS/c18-13-8-12(19)2-1-11(13)7-16(23)22-17-14(20)9-15(24-17)10-3-5-21-6-4-10/h1-6,8-9H,7,20H2,(H,22,23). The second kappa shape index (κ2) is 6.98. The number of nitrogens with zero attached hydrogens (tertiary/aromatic N) is 1. The normalized spacial score (nSPS) is 10.6. The molecule has 24 heavy (non-hydrogen) atoms. The Kier molecular flexibility index (Phi) is 4.78. The summed E-state index contributed by atoms with van der Waals surface area (Å²) >= 11 is 7.32. The van der Waals surface area contributed by atoms with Gasteiger partial charge in [0.05, 0.1) is 12.1 Å². The van der Waals surface area contributed by atoms with Crippen LogP contribution in [0.5, 0.6) is 0 Å². The Labute approximate surface area is 147 Å². The third-order valence-electron chi connectivity index (χ3n) is 3.34. The van der Waals surface area contributed by atoms with Crippen molar-refractivity contribution in [1.29, 1.82) is 0 Å². The van der Waals surface area contributed by atoms with Gasteiger partial charge in [0.25, 0.3) is 0 Å². The van der Waals surface area contributed by atoms with Gasteiger partial charge in [-0.3, -0.25) is 9.78 Å². The Morgan fingerprint density at radius 3 is 2.71 bits per heavy atom. The number of thiophene rings is 1. The van der Waals surface area contributed by atoms with Crippen molar-refractivity contribution in [3.8, 4) is 10.4 Å². The molecule has 0 radical (unpaired) electrons. The maximum Gasteiger partial charge on any atom is 0.229 e. The molecule has 1 aromatic carbocycles. The Bertz CT molecular complexity index is 883. The van der Waals surface area contributed by atoms with Crippen LogP contribution in [0.15, 0.2) is 48.8 Å². The molecular formula is C17H13ClFN3OS. The minimum absolute atomic E-state index is 0.0427. The lowest BCUT2D eigenvalue weighted by Crippen LogP contribution is -2.14. The highest BCUT2D eigenvalue weighted by Crippen LogP contribution is 2.37. The average molecular weight is 362 g/mol. The zero-order chi connectivity index (χ0) is 17.1. The smallest absolute Gasteiger partial charge is 0.229 e. The molecule has 3 rings (SSSR count). The second-order valence-corrected chi connectivity index (χ2v) is 6.55. The van der Waals surface area contributed by atoms with Crippen LogP contribution in [0, 0.1) is 5.82 Å². The summed E-state index contributed by atoms with van der Waals surface area (Å²) < 4.78 is 13.0. The van der Waals surface area contributed by atoms with E-state index in [9.17, 15) is 9.18 Å². The highest BCUT2D eigenvalue weighted by molar-refractivity contribution is 7.20. The SMILES string of the molecule is Nc1cc(-c2ccncc2)sc1NC(=O)Cc1ccc(F)cc1Cl. The lowest BCUT2D eigenvalue weighted by atomic mass is 10.1. The van der Waals surface area contributed by atoms with Crippen LogP contribution in [-0.4, -0.2) is 10.9 Å². The molecule has 0 spiro atoms. The molecule has 0 aliphatic carbocycles. The molecule has 3 aromatic rings. The molecule has 0 aliphatic rings. The van der Waals surface area contributed by atoms with Crippen LogP contribution in [0.2, 0.25) is 5.02 Å². The fourth-order valence-corrected chi connectivity index (χ4v) is 3.41. The first-order valence-electron chi connectivity index (χ1n) is 7.06. The van der Waals surface area contributed by atoms with E-state index in [0.29, 0.717) is 16.3 Å². The Hall–Kier alpha value is -2.44. The first-order valence-corrected chi connectivity index (χ1v) is 8.26. The summed E-state index contributed by atoms with van der Waals surface area (Å²) in [5, 5.41) is 3.58. The van der Waals surface area contributed by atoms with Gasteiger partial charge < -0.3 is 11.1 Å². The van der Waals surface area contributed by atoms with Gasteiger partial charge in [0, 0.05) is 22.3 Å². The van der Waals surface area contributed by atoms with E-state index in [1.807, 2.05) is 12.1 Å². The number of nitrogens with two attached hydrogens (primary N) is 1. The summed E-state index contributed by atoms with van der Waals surface area (Å²) in [6.07, 6.45) is 3.43. The largest absolute Gasteiger partial charge is 0.396 e. The maximum absolute atomic E-state index is 13.0. The molecule has 0 saturated heterocycles. The topological polar surface area (TPSA) is 68.0 Å². The molecule has 2 aromatic heterocycles. The second-order valence-electron chi connectivity index (χ2n) is 5.09. The minimum atomic E-state index is -0.436. The lowest BCUT2D eigenvalue weighted by Gasteiger charge is -2.06. The van der Waals surface area contributed by atoms with Crippen molar-refractivity contribution in [3.05, 3.63) is 65.2 Å². The zero-order valence-corrected chi connectivity index (χ0v) is 14.0. The van der Waals surface area contributed by atoms with Crippen LogP contribution in [0.3, 0.4) is 0 Å². The number of rotatable bonds is 4. The van der Waals surface area contributed by atoms with E-state index in [1.54, 1.807) is 18.5 Å². The summed E-state index contributed by atoms with van der Waals surface area (Å²) in [5.74, 6) is -0.702. The summed E-state index contributed by atoms with van der Waals surface area (Å²) in [6.45, 7) is 0. The Balaban J connectivity index is 1.74. The molecule has 122 valence electrons. The van der Waals surface area contributed by atoms with Gasteiger partial charge in [-0.1, -0.05) is 17.7 Å². The summed E-state index contributed by atoms with van der Waals surface area (Å²) in [6, 6.07) is 9.50. The summed E-state index contributed by atoms with van der Waals surface area (Å²) in [7, 11) is 0. The van der Waals surface area contributed by atoms with Gasteiger partial charge in [-0.05, 0) is 41.5 Å². The number of nitrogens with one attached hydrogen (secondary N) is 1. The van der Waals surface area contributed by atoms with E-state index in [-0.39, 0.29) is 17.4 Å². The number of halogens is 2. The van der Waals surface area contributed by atoms with E-state index in [4.69, 9.17) is 17.3 Å². The van der Waals surface area contributed by atoms with Gasteiger partial charge in [-0.2, -0.15) is 0 Å². The molecule has 0 aliphatic heterocycles. The first-order chi connectivity index (χ1) is 11.5. The van der Waals surface area contributed by atoms with E-state index in [1.165, 1.54) is 29.5 Å². The summed E-state index contributed by atoms with van der Waals surface area (Å²) in [4.78, 5) is 17.1. The highest BCUT2D eigenvalue weighted by Gasteiger charge is 2.13. The molecular weight excluding hydrogens is 349 g/mol. The molecule has 2 heterocycles. The zero-order valence-electron chi connectivity index (χ0n) is 12.4. The quantitative estimate of drug-likeness (QED) is 0.725. The van der Waals surface area contributed by atoms with E-state index in [2.05, 4.69) is 10.3 Å². The molecule has 1 amide bonds. The summed E-state index contributed by atoms with van der Waals surface area (Å²) in [5.41, 5.74) is 8.00. The van der Waals surface area contributed by atoms with Gasteiger partial charge in [-0.15, -0.1) is 11.3 Å². The van der Waals surface area contributed by atoms with Crippen molar-refractivity contribution in [3.63, 3.8) is 0 Å². The lowest BCUT2D eigenvalue weighted by molar-refractivity contribution is -0.115. The van der Waals surface area contributed by atoms with Crippen LogP contribution in [0.1, 0.15) is 5.56 Å². The fraction of sp³-hybridized carbons (Fsp3) is 0.0588. The van der Waals surface area contributed by atoms with Crippen molar-refractivity contribution in [2.45, 2.75) is 6.42 Å². The molecule has 0 unspecified atom stereocenters. The molecule has 0 atom stereocenters. The Morgan fingerprint density at radius 1 is 1.25 bits per heavy atom. The Morgan fingerprint density at radius 2 is 2.00 bits per heavy atom. The number of hydrogen-bond donors (Lipinski definition) is 2. The minimum Gasteiger partial charge on any atom is -0.396 e. The number of carbonyl (C=O) groups excluding carboxylic acids is 1. The van der Waals surface area contributed by atoms with Gasteiger partial charge in [-0.25, -0.2) is 4.39 Å². The van der Waals surface area contributed by atoms with Crippen molar-refractivity contribution in [2.24, 2.45) is 0 Å². The third kappa shape index (κ3) is 3.72. The molecule has 0 bridgehead atoms. The van der Waals surface area contributed by atoms with Gasteiger partial charge >= 0.3 is 0 Å². The number of anilines is 2. The maximum atomic E-state index is 13.0. The average Bonchev–Trinajstić information content (AvgIpc) is 2.92. The number of carbonyl (C=O) groups is 1. The van der Waals surface area contributed by atoms with Crippen LogP contribution in [0.25, 0.3) is 10.4 Å². The van der Waals surface area contributed by atoms with Crippen molar-refractivity contribution >= 4 is 39.5 Å². The molecule has 7 heteroatoms. The van der Waals surface area contributed by atoms with Crippen LogP contribution >= 0.6 is 22.9 Å². The van der Waals surface area contributed by atoms with Crippen LogP contribution in [-0.2, 0) is 11.2 Å². The van der Waals surface area contributed by atoms with E-state index >= 15 is 0 Å². The molecule has 3 N–H and O–H groups in total. The monoisotopic (exact) mass is 361 g/mol. The molecule has 0 saturated carbocycles. The van der Waals surface area contributed by atoms with Crippen LogP contribution < -0.4 is 11.1 Å². The van der Waals surface area contributed by atoms with Crippen molar-refractivity contribution < 1.29 is 9.18 Å². The van der Waals surface area contributed by atoms with Crippen molar-refractivity contribution in [1.82, 2.24) is 4.98 Å². The molecule has 4 nitrogen and oxygen atoms in total. The number of benzene rings is 1. The molecule has 0 fully saturated rings. The highest BCUT2D eigenvalue weighted by atomic mass is 35.5. The number of hydrogen-bond acceptors (Lipinski definition) is 4. The third-order valence-corrected chi connectivity index (χ3v) is 4.81. The number of aromatic nitrogens is 1. The van der Waals surface area contributed by atoms with E-state index in [0.717, 1.165) is 10.4 Å². The first kappa shape index (κ1) is 16.4. The van der Waals surface area contributed by atoms with E-state index < -0.39 is 5.82 Å². The van der Waals surface area contributed by atoms with Crippen molar-refractivity contribution in [2.75, 3.05) is 11.1 Å². The number of nitrogen functional groups attached to an aromatic ring is 1. The predicted octanol–water partition coefficient (Wildman–Crippen LogP) is 4.37. The van der Waals surface area contributed by atoms with Gasteiger partial charge in [0.1, 0.15) is 10.8 Å².